The van der Waals surface area contributed by atoms with Crippen LogP contribution in [0.25, 0.3) is 0 Å². The van der Waals surface area contributed by atoms with E-state index in [-0.39, 0.29) is 17.2 Å². The number of aliphatic hydroxyl groups excluding tert-OH is 1. The first-order valence-electron chi connectivity index (χ1n) is 6.92. The Hall–Kier alpha value is -1.66. The Bertz CT molecular complexity index is 441. The van der Waals surface area contributed by atoms with Crippen LogP contribution in [0.2, 0.25) is 0 Å². The fourth-order valence-electron chi connectivity index (χ4n) is 2.69. The van der Waals surface area contributed by atoms with Gasteiger partial charge in [0, 0.05) is 43.5 Å². The van der Waals surface area contributed by atoms with E-state index in [4.69, 9.17) is 5.11 Å². The van der Waals surface area contributed by atoms with Gasteiger partial charge in [-0.05, 0) is 32.0 Å². The molecule has 0 spiro atoms. The lowest BCUT2D eigenvalue weighted by Gasteiger charge is -2.37. The van der Waals surface area contributed by atoms with Crippen molar-refractivity contribution in [2.45, 2.75) is 18.9 Å². The van der Waals surface area contributed by atoms with Gasteiger partial charge < -0.3 is 14.9 Å². The Morgan fingerprint density at radius 1 is 1.35 bits per heavy atom. The van der Waals surface area contributed by atoms with E-state index < -0.39 is 0 Å². The molecule has 1 saturated heterocycles. The molecule has 1 aromatic carbocycles. The van der Waals surface area contributed by atoms with Crippen LogP contribution in [-0.2, 0) is 0 Å². The van der Waals surface area contributed by atoms with Crippen molar-refractivity contribution in [3.63, 3.8) is 0 Å². The number of piperidine rings is 1. The molecule has 1 heterocycles. The molecule has 1 N–H and O–H groups in total. The van der Waals surface area contributed by atoms with Crippen LogP contribution in [0.4, 0.5) is 11.4 Å². The highest BCUT2D eigenvalue weighted by atomic mass is 16.6. The topological polar surface area (TPSA) is 69.8 Å². The number of likely N-dealkylation sites (N-methyl/N-ethyl adjacent to an activating group) is 1. The van der Waals surface area contributed by atoms with Crippen LogP contribution in [0.3, 0.4) is 0 Å². The highest BCUT2D eigenvalue weighted by Crippen LogP contribution is 2.24. The third-order valence-electron chi connectivity index (χ3n) is 3.97. The SMILES string of the molecule is CN(CCO)C1CCN(c2ccc([N+](=O)[O-])cc2)CC1. The summed E-state index contributed by atoms with van der Waals surface area (Å²) in [4.78, 5) is 14.7. The van der Waals surface area contributed by atoms with Gasteiger partial charge in [-0.1, -0.05) is 0 Å². The van der Waals surface area contributed by atoms with Crippen LogP contribution in [0.15, 0.2) is 24.3 Å². The Morgan fingerprint density at radius 2 is 1.95 bits per heavy atom. The number of non-ortho nitro benzene ring substituents is 1. The first-order chi connectivity index (χ1) is 9.61. The van der Waals surface area contributed by atoms with Gasteiger partial charge >= 0.3 is 0 Å². The van der Waals surface area contributed by atoms with E-state index >= 15 is 0 Å². The molecule has 0 amide bonds. The summed E-state index contributed by atoms with van der Waals surface area (Å²) in [5.74, 6) is 0. The number of aliphatic hydroxyl groups is 1. The molecule has 0 radical (unpaired) electrons. The van der Waals surface area contributed by atoms with E-state index in [9.17, 15) is 10.1 Å². The van der Waals surface area contributed by atoms with Crippen LogP contribution in [0.5, 0.6) is 0 Å². The molecule has 1 aliphatic rings. The summed E-state index contributed by atoms with van der Waals surface area (Å²) in [6.45, 7) is 2.79. The van der Waals surface area contributed by atoms with Crippen molar-refractivity contribution in [1.29, 1.82) is 0 Å². The van der Waals surface area contributed by atoms with Gasteiger partial charge in [0.2, 0.25) is 0 Å². The zero-order valence-corrected chi connectivity index (χ0v) is 11.7. The third kappa shape index (κ3) is 3.46. The lowest BCUT2D eigenvalue weighted by atomic mass is 10.0. The second-order valence-corrected chi connectivity index (χ2v) is 5.20. The Morgan fingerprint density at radius 3 is 2.45 bits per heavy atom. The van der Waals surface area contributed by atoms with Gasteiger partial charge in [0.1, 0.15) is 0 Å². The molecule has 0 unspecified atom stereocenters. The second kappa shape index (κ2) is 6.67. The van der Waals surface area contributed by atoms with Crippen LogP contribution in [0, 0.1) is 10.1 Å². The fourth-order valence-corrected chi connectivity index (χ4v) is 2.69. The normalized spacial score (nSPS) is 16.6. The first kappa shape index (κ1) is 14.7. The van der Waals surface area contributed by atoms with E-state index in [2.05, 4.69) is 9.80 Å². The molecular formula is C14H21N3O3. The number of nitrogens with zero attached hydrogens (tertiary/aromatic N) is 3. The lowest BCUT2D eigenvalue weighted by molar-refractivity contribution is -0.384. The van der Waals surface area contributed by atoms with Gasteiger partial charge in [-0.3, -0.25) is 10.1 Å². The number of nitro groups is 1. The highest BCUT2D eigenvalue weighted by molar-refractivity contribution is 5.51. The lowest BCUT2D eigenvalue weighted by Crippen LogP contribution is -2.44. The van der Waals surface area contributed by atoms with Crippen molar-refractivity contribution in [3.8, 4) is 0 Å². The number of hydrogen-bond acceptors (Lipinski definition) is 5. The van der Waals surface area contributed by atoms with Crippen molar-refractivity contribution in [2.75, 3.05) is 38.2 Å². The van der Waals surface area contributed by atoms with Gasteiger partial charge in [0.25, 0.3) is 5.69 Å². The van der Waals surface area contributed by atoms with Gasteiger partial charge in [-0.25, -0.2) is 0 Å². The molecule has 0 bridgehead atoms. The third-order valence-corrected chi connectivity index (χ3v) is 3.97. The molecule has 2 rings (SSSR count). The van der Waals surface area contributed by atoms with Crippen LogP contribution in [-0.4, -0.2) is 54.3 Å². The molecule has 1 fully saturated rings. The first-order valence-corrected chi connectivity index (χ1v) is 6.92. The fraction of sp³-hybridized carbons (Fsp3) is 0.571. The second-order valence-electron chi connectivity index (χ2n) is 5.20. The van der Waals surface area contributed by atoms with Crippen LogP contribution in [0.1, 0.15) is 12.8 Å². The summed E-state index contributed by atoms with van der Waals surface area (Å²) in [5, 5.41) is 19.6. The van der Waals surface area contributed by atoms with Crippen molar-refractivity contribution >= 4 is 11.4 Å². The summed E-state index contributed by atoms with van der Waals surface area (Å²) in [6.07, 6.45) is 2.10. The quantitative estimate of drug-likeness (QED) is 0.653. The van der Waals surface area contributed by atoms with Gasteiger partial charge in [0.05, 0.1) is 11.5 Å². The molecule has 0 atom stereocenters. The molecule has 6 nitrogen and oxygen atoms in total. The maximum absolute atomic E-state index is 10.6. The molecule has 0 aromatic heterocycles. The van der Waals surface area contributed by atoms with Crippen molar-refractivity contribution in [2.24, 2.45) is 0 Å². The average Bonchev–Trinajstić information content (AvgIpc) is 2.48. The monoisotopic (exact) mass is 279 g/mol. The zero-order valence-electron chi connectivity index (χ0n) is 11.7. The summed E-state index contributed by atoms with van der Waals surface area (Å²) in [7, 11) is 2.04. The summed E-state index contributed by atoms with van der Waals surface area (Å²) in [6, 6.07) is 7.25. The smallest absolute Gasteiger partial charge is 0.269 e. The molecule has 20 heavy (non-hydrogen) atoms. The van der Waals surface area contributed by atoms with Crippen LogP contribution < -0.4 is 4.90 Å². The molecule has 110 valence electrons. The molecule has 0 aliphatic carbocycles. The number of hydrogen-bond donors (Lipinski definition) is 1. The molecule has 1 aliphatic heterocycles. The minimum atomic E-state index is -0.375. The van der Waals surface area contributed by atoms with Crippen molar-refractivity contribution in [3.05, 3.63) is 34.4 Å². The standard InChI is InChI=1S/C14H21N3O3/c1-15(10-11-18)12-6-8-16(9-7-12)13-2-4-14(5-3-13)17(19)20/h2-5,12,18H,6-11H2,1H3. The zero-order chi connectivity index (χ0) is 14.5. The largest absolute Gasteiger partial charge is 0.395 e. The number of nitro benzene ring substituents is 1. The summed E-state index contributed by atoms with van der Waals surface area (Å²) < 4.78 is 0. The predicted octanol–water partition coefficient (Wildman–Crippen LogP) is 1.49. The van der Waals surface area contributed by atoms with Gasteiger partial charge in [-0.15, -0.1) is 0 Å². The summed E-state index contributed by atoms with van der Waals surface area (Å²) >= 11 is 0. The number of rotatable bonds is 5. The molecular weight excluding hydrogens is 258 g/mol. The molecule has 0 saturated carbocycles. The maximum Gasteiger partial charge on any atom is 0.269 e. The minimum absolute atomic E-state index is 0.131. The van der Waals surface area contributed by atoms with E-state index in [1.165, 1.54) is 0 Å². The molecule has 1 aromatic rings. The maximum atomic E-state index is 10.6. The highest BCUT2D eigenvalue weighted by Gasteiger charge is 2.22. The predicted molar refractivity (Wildman–Crippen MR) is 78.0 cm³/mol. The van der Waals surface area contributed by atoms with Crippen LogP contribution >= 0.6 is 0 Å². The van der Waals surface area contributed by atoms with Gasteiger partial charge in [-0.2, -0.15) is 0 Å². The minimum Gasteiger partial charge on any atom is -0.395 e. The number of benzene rings is 1. The van der Waals surface area contributed by atoms with E-state index in [1.54, 1.807) is 12.1 Å². The summed E-state index contributed by atoms with van der Waals surface area (Å²) in [5.41, 5.74) is 1.17. The van der Waals surface area contributed by atoms with E-state index in [0.717, 1.165) is 31.6 Å². The van der Waals surface area contributed by atoms with Gasteiger partial charge in [0.15, 0.2) is 0 Å². The Balaban J connectivity index is 1.91. The van der Waals surface area contributed by atoms with E-state index in [1.807, 2.05) is 19.2 Å². The van der Waals surface area contributed by atoms with Crippen molar-refractivity contribution < 1.29 is 10.0 Å². The number of anilines is 1. The molecule has 6 heteroatoms. The Kier molecular flexibility index (Phi) is 4.92. The van der Waals surface area contributed by atoms with Crippen molar-refractivity contribution in [1.82, 2.24) is 4.90 Å². The Labute approximate surface area is 118 Å². The average molecular weight is 279 g/mol. The van der Waals surface area contributed by atoms with E-state index in [0.29, 0.717) is 12.6 Å².